The number of nitrogen functional groups attached to an aromatic ring is 1. The van der Waals surface area contributed by atoms with E-state index in [1.807, 2.05) is 13.8 Å². The number of nitro groups is 1. The lowest BCUT2D eigenvalue weighted by Gasteiger charge is -2.45. The Bertz CT molecular complexity index is 652. The number of carbonyl (C=O) groups is 1. The highest BCUT2D eigenvalue weighted by Gasteiger charge is 2.33. The van der Waals surface area contributed by atoms with Crippen LogP contribution in [0, 0.1) is 10.1 Å². The van der Waals surface area contributed by atoms with Crippen LogP contribution in [0.4, 0.5) is 11.4 Å². The van der Waals surface area contributed by atoms with Gasteiger partial charge < -0.3 is 15.8 Å². The molecule has 2 rings (SSSR count). The van der Waals surface area contributed by atoms with E-state index in [0.717, 1.165) is 13.1 Å². The number of benzene rings is 1. The van der Waals surface area contributed by atoms with Crippen LogP contribution in [0.3, 0.4) is 0 Å². The third kappa shape index (κ3) is 4.67. The summed E-state index contributed by atoms with van der Waals surface area (Å²) in [6.45, 7) is 10.2. The summed E-state index contributed by atoms with van der Waals surface area (Å²) in [4.78, 5) is 25.0. The Balaban J connectivity index is 2.03. The van der Waals surface area contributed by atoms with Crippen molar-refractivity contribution in [2.45, 2.75) is 45.4 Å². The van der Waals surface area contributed by atoms with Crippen LogP contribution in [0.2, 0.25) is 0 Å². The highest BCUT2D eigenvalue weighted by molar-refractivity contribution is 5.95. The fraction of sp³-hybridized carbons (Fsp3) is 0.588. The maximum Gasteiger partial charge on any atom is 0.292 e. The van der Waals surface area contributed by atoms with Crippen molar-refractivity contribution in [1.82, 2.24) is 10.2 Å². The summed E-state index contributed by atoms with van der Waals surface area (Å²) >= 11 is 0. The maximum atomic E-state index is 12.4. The van der Waals surface area contributed by atoms with Gasteiger partial charge in [0.1, 0.15) is 5.69 Å². The molecule has 8 heteroatoms. The molecule has 1 aromatic rings. The molecule has 8 nitrogen and oxygen atoms in total. The summed E-state index contributed by atoms with van der Waals surface area (Å²) < 4.78 is 5.75. The van der Waals surface area contributed by atoms with Gasteiger partial charge in [-0.05, 0) is 39.8 Å². The number of nitrogens with one attached hydrogen (secondary N) is 1. The molecule has 2 unspecified atom stereocenters. The Labute approximate surface area is 147 Å². The van der Waals surface area contributed by atoms with Crippen molar-refractivity contribution < 1.29 is 14.5 Å². The van der Waals surface area contributed by atoms with E-state index in [2.05, 4.69) is 24.1 Å². The van der Waals surface area contributed by atoms with E-state index in [-0.39, 0.29) is 40.6 Å². The summed E-state index contributed by atoms with van der Waals surface area (Å²) in [5, 5.41) is 13.8. The van der Waals surface area contributed by atoms with E-state index < -0.39 is 4.92 Å². The highest BCUT2D eigenvalue weighted by Crippen LogP contribution is 2.23. The van der Waals surface area contributed by atoms with Gasteiger partial charge in [0.2, 0.25) is 0 Å². The highest BCUT2D eigenvalue weighted by atomic mass is 16.6. The fourth-order valence-electron chi connectivity index (χ4n) is 3.03. The van der Waals surface area contributed by atoms with Crippen molar-refractivity contribution in [3.63, 3.8) is 0 Å². The molecule has 1 heterocycles. The van der Waals surface area contributed by atoms with Crippen LogP contribution < -0.4 is 11.1 Å². The van der Waals surface area contributed by atoms with Gasteiger partial charge >= 0.3 is 0 Å². The predicted molar refractivity (Wildman–Crippen MR) is 95.5 cm³/mol. The van der Waals surface area contributed by atoms with E-state index >= 15 is 0 Å². The van der Waals surface area contributed by atoms with E-state index in [1.165, 1.54) is 18.2 Å². The predicted octanol–water partition coefficient (Wildman–Crippen LogP) is 1.79. The van der Waals surface area contributed by atoms with Crippen LogP contribution in [-0.4, -0.2) is 53.1 Å². The molecule has 0 spiro atoms. The monoisotopic (exact) mass is 350 g/mol. The summed E-state index contributed by atoms with van der Waals surface area (Å²) in [6.07, 6.45) is 0.275. The zero-order valence-corrected chi connectivity index (χ0v) is 15.1. The van der Waals surface area contributed by atoms with Gasteiger partial charge in [-0.25, -0.2) is 0 Å². The number of hydrogen-bond acceptors (Lipinski definition) is 6. The Morgan fingerprint density at radius 2 is 2.00 bits per heavy atom. The largest absolute Gasteiger partial charge is 0.393 e. The Morgan fingerprint density at radius 1 is 1.40 bits per heavy atom. The zero-order valence-electron chi connectivity index (χ0n) is 15.1. The lowest BCUT2D eigenvalue weighted by Crippen LogP contribution is -2.58. The van der Waals surface area contributed by atoms with Crippen LogP contribution in [0.1, 0.15) is 38.1 Å². The molecule has 3 N–H and O–H groups in total. The van der Waals surface area contributed by atoms with Crippen LogP contribution in [0.25, 0.3) is 0 Å². The number of carbonyl (C=O) groups excluding carboxylic acids is 1. The van der Waals surface area contributed by atoms with Crippen molar-refractivity contribution in [1.29, 1.82) is 0 Å². The Kier molecular flexibility index (Phi) is 5.64. The SMILES string of the molecule is CC1CN(C(C)(C)CNC(=O)c2ccc(N)c([N+](=O)[O-])c2)CC(C)O1. The van der Waals surface area contributed by atoms with Gasteiger partial charge in [0.15, 0.2) is 0 Å². The maximum absolute atomic E-state index is 12.4. The number of hydrogen-bond donors (Lipinski definition) is 2. The molecule has 0 radical (unpaired) electrons. The number of nitrogens with zero attached hydrogens (tertiary/aromatic N) is 2. The number of rotatable bonds is 5. The van der Waals surface area contributed by atoms with Gasteiger partial charge in [-0.2, -0.15) is 0 Å². The van der Waals surface area contributed by atoms with Crippen molar-refractivity contribution in [2.75, 3.05) is 25.4 Å². The molecule has 1 amide bonds. The second kappa shape index (κ2) is 7.37. The van der Waals surface area contributed by atoms with Crippen LogP contribution in [0.15, 0.2) is 18.2 Å². The van der Waals surface area contributed by atoms with Gasteiger partial charge in [-0.3, -0.25) is 19.8 Å². The molecule has 1 aromatic carbocycles. The van der Waals surface area contributed by atoms with Crippen LogP contribution in [-0.2, 0) is 4.74 Å². The molecular formula is C17H26N4O4. The topological polar surface area (TPSA) is 111 Å². The van der Waals surface area contributed by atoms with E-state index in [4.69, 9.17) is 10.5 Å². The average molecular weight is 350 g/mol. The summed E-state index contributed by atoms with van der Waals surface area (Å²) in [5.41, 5.74) is 5.30. The van der Waals surface area contributed by atoms with Crippen molar-refractivity contribution in [2.24, 2.45) is 0 Å². The number of morpholine rings is 1. The molecule has 2 atom stereocenters. The molecule has 138 valence electrons. The molecule has 1 aliphatic rings. The first kappa shape index (κ1) is 19.1. The Hall–Kier alpha value is -2.19. The normalized spacial score (nSPS) is 21.8. The van der Waals surface area contributed by atoms with Crippen molar-refractivity contribution in [3.05, 3.63) is 33.9 Å². The molecule has 0 bridgehead atoms. The van der Waals surface area contributed by atoms with Gasteiger partial charge in [-0.15, -0.1) is 0 Å². The fourth-order valence-corrected chi connectivity index (χ4v) is 3.03. The smallest absolute Gasteiger partial charge is 0.292 e. The van der Waals surface area contributed by atoms with Crippen molar-refractivity contribution in [3.8, 4) is 0 Å². The van der Waals surface area contributed by atoms with E-state index in [9.17, 15) is 14.9 Å². The molecule has 1 fully saturated rings. The van der Waals surface area contributed by atoms with Crippen LogP contribution in [0.5, 0.6) is 0 Å². The number of ether oxygens (including phenoxy) is 1. The third-order valence-corrected chi connectivity index (χ3v) is 4.45. The number of nitrogens with two attached hydrogens (primary N) is 1. The molecular weight excluding hydrogens is 324 g/mol. The quantitative estimate of drug-likeness (QED) is 0.476. The van der Waals surface area contributed by atoms with Gasteiger partial charge in [0.25, 0.3) is 11.6 Å². The minimum atomic E-state index is -0.591. The average Bonchev–Trinajstić information content (AvgIpc) is 2.52. The summed E-state index contributed by atoms with van der Waals surface area (Å²) in [7, 11) is 0. The third-order valence-electron chi connectivity index (χ3n) is 4.45. The first-order valence-electron chi connectivity index (χ1n) is 8.33. The van der Waals surface area contributed by atoms with Gasteiger partial charge in [-0.1, -0.05) is 0 Å². The molecule has 0 aliphatic carbocycles. The second-order valence-corrected chi connectivity index (χ2v) is 7.19. The number of amides is 1. The second-order valence-electron chi connectivity index (χ2n) is 7.19. The molecule has 0 aromatic heterocycles. The minimum Gasteiger partial charge on any atom is -0.393 e. The summed E-state index contributed by atoms with van der Waals surface area (Å²) in [5.74, 6) is -0.356. The lowest BCUT2D eigenvalue weighted by molar-refractivity contribution is -0.383. The van der Waals surface area contributed by atoms with E-state index in [0.29, 0.717) is 6.54 Å². The van der Waals surface area contributed by atoms with Gasteiger partial charge in [0, 0.05) is 36.8 Å². The molecule has 0 saturated carbocycles. The van der Waals surface area contributed by atoms with Crippen molar-refractivity contribution >= 4 is 17.3 Å². The molecule has 1 saturated heterocycles. The molecule has 25 heavy (non-hydrogen) atoms. The van der Waals surface area contributed by atoms with E-state index in [1.54, 1.807) is 0 Å². The first-order chi connectivity index (χ1) is 11.6. The van der Waals surface area contributed by atoms with Gasteiger partial charge in [0.05, 0.1) is 17.1 Å². The number of nitro benzene ring substituents is 1. The summed E-state index contributed by atoms with van der Waals surface area (Å²) in [6, 6.07) is 4.07. The molecule has 1 aliphatic heterocycles. The standard InChI is InChI=1S/C17H26N4O4/c1-11-8-20(9-12(2)25-11)17(3,4)10-19-16(22)13-5-6-14(18)15(7-13)21(23)24/h5-7,11-12H,8-10,18H2,1-4H3,(H,19,22). The number of anilines is 1. The lowest BCUT2D eigenvalue weighted by atomic mass is 10.00. The zero-order chi connectivity index (χ0) is 18.8. The minimum absolute atomic E-state index is 0.0400. The Morgan fingerprint density at radius 3 is 2.56 bits per heavy atom. The van der Waals surface area contributed by atoms with Crippen LogP contribution >= 0.6 is 0 Å². The first-order valence-corrected chi connectivity index (χ1v) is 8.33.